The molecule has 12 heteroatoms. The number of hydrogen-bond donors (Lipinski definition) is 1. The summed E-state index contributed by atoms with van der Waals surface area (Å²) in [6, 6.07) is 7.05. The lowest BCUT2D eigenvalue weighted by Crippen LogP contribution is -2.32. The van der Waals surface area contributed by atoms with Crippen LogP contribution in [-0.4, -0.2) is 81.3 Å². The summed E-state index contributed by atoms with van der Waals surface area (Å²) in [5.74, 6) is 7.04. The average Bonchev–Trinajstić information content (AvgIpc) is 3.12. The van der Waals surface area contributed by atoms with Crippen molar-refractivity contribution >= 4 is 46.9 Å². The maximum atomic E-state index is 12.4. The number of aromatic nitrogens is 3. The van der Waals surface area contributed by atoms with E-state index in [1.807, 2.05) is 13.8 Å². The summed E-state index contributed by atoms with van der Waals surface area (Å²) in [6.45, 7) is 5.99. The lowest BCUT2D eigenvalue weighted by Gasteiger charge is -2.18. The third-order valence-corrected chi connectivity index (χ3v) is 6.44. The number of thioether (sulfide) groups is 2. The lowest BCUT2D eigenvalue weighted by molar-refractivity contribution is -0.128. The van der Waals surface area contributed by atoms with Gasteiger partial charge in [0.25, 0.3) is 0 Å². The van der Waals surface area contributed by atoms with Gasteiger partial charge in [-0.2, -0.15) is 0 Å². The summed E-state index contributed by atoms with van der Waals surface area (Å²) in [5.41, 5.74) is 0. The summed E-state index contributed by atoms with van der Waals surface area (Å²) in [7, 11) is 1.71. The van der Waals surface area contributed by atoms with Gasteiger partial charge in [0.15, 0.2) is 0 Å². The molecule has 0 aliphatic rings. The molecule has 170 valence electrons. The Bertz CT molecular complexity index is 861. The summed E-state index contributed by atoms with van der Waals surface area (Å²) < 4.78 is 6.91. The van der Waals surface area contributed by atoms with Gasteiger partial charge >= 0.3 is 0 Å². The maximum absolute atomic E-state index is 12.4. The van der Waals surface area contributed by atoms with Crippen molar-refractivity contribution in [2.75, 3.05) is 50.6 Å². The van der Waals surface area contributed by atoms with Gasteiger partial charge in [-0.15, -0.1) is 10.2 Å². The third-order valence-electron chi connectivity index (χ3n) is 4.33. The Hall–Kier alpha value is -2.11. The summed E-state index contributed by atoms with van der Waals surface area (Å²) >= 11 is 8.26. The Morgan fingerprint density at radius 2 is 1.61 bits per heavy atom. The summed E-state index contributed by atoms with van der Waals surface area (Å²) in [4.78, 5) is 27.8. The van der Waals surface area contributed by atoms with Crippen molar-refractivity contribution in [2.24, 2.45) is 0 Å². The predicted molar refractivity (Wildman–Crippen MR) is 124 cm³/mol. The average molecular weight is 487 g/mol. The van der Waals surface area contributed by atoms with Gasteiger partial charge in [-0.3, -0.25) is 9.59 Å². The van der Waals surface area contributed by atoms with E-state index in [2.05, 4.69) is 10.2 Å². The van der Waals surface area contributed by atoms with Crippen LogP contribution >= 0.6 is 35.1 Å². The zero-order valence-corrected chi connectivity index (χ0v) is 20.2. The van der Waals surface area contributed by atoms with Gasteiger partial charge < -0.3 is 20.4 Å². The second-order valence-electron chi connectivity index (χ2n) is 6.40. The second kappa shape index (κ2) is 12.7. The van der Waals surface area contributed by atoms with Crippen LogP contribution in [0.5, 0.6) is 5.75 Å². The van der Waals surface area contributed by atoms with Crippen molar-refractivity contribution in [3.63, 3.8) is 0 Å². The molecule has 0 aliphatic heterocycles. The zero-order valence-electron chi connectivity index (χ0n) is 17.8. The van der Waals surface area contributed by atoms with E-state index in [1.165, 1.54) is 28.2 Å². The molecule has 0 aliphatic carbocycles. The number of carbonyl (C=O) groups excluding carboxylic acids is 2. The Kier molecular flexibility index (Phi) is 10.3. The molecule has 2 N–H and O–H groups in total. The Labute approximate surface area is 195 Å². The topological polar surface area (TPSA) is 107 Å². The first kappa shape index (κ1) is 25.2. The van der Waals surface area contributed by atoms with Crippen LogP contribution in [0.3, 0.4) is 0 Å². The molecule has 9 nitrogen and oxygen atoms in total. The van der Waals surface area contributed by atoms with Crippen molar-refractivity contribution in [1.82, 2.24) is 24.7 Å². The quantitative estimate of drug-likeness (QED) is 0.359. The normalized spacial score (nSPS) is 10.7. The molecular formula is C19H27ClN6O3S2. The van der Waals surface area contributed by atoms with E-state index in [0.29, 0.717) is 47.3 Å². The number of ether oxygens (including phenoxy) is 1. The molecule has 2 rings (SSSR count). The monoisotopic (exact) mass is 486 g/mol. The van der Waals surface area contributed by atoms with E-state index in [9.17, 15) is 9.59 Å². The number of carbonyl (C=O) groups is 2. The van der Waals surface area contributed by atoms with E-state index in [0.717, 1.165) is 0 Å². The molecule has 0 unspecified atom stereocenters. The predicted octanol–water partition coefficient (Wildman–Crippen LogP) is 2.24. The highest BCUT2D eigenvalue weighted by Gasteiger charge is 2.17. The van der Waals surface area contributed by atoms with Gasteiger partial charge in [-0.25, -0.2) is 4.68 Å². The molecular weight excluding hydrogens is 460 g/mol. The molecule has 0 radical (unpaired) electrons. The summed E-state index contributed by atoms with van der Waals surface area (Å²) in [6.07, 6.45) is 0. The second-order valence-corrected chi connectivity index (χ2v) is 8.72. The number of hydrogen-bond acceptors (Lipinski definition) is 8. The number of nitrogens with two attached hydrogens (primary N) is 1. The van der Waals surface area contributed by atoms with E-state index in [-0.39, 0.29) is 23.3 Å². The first-order valence-corrected chi connectivity index (χ1v) is 12.1. The molecule has 1 aromatic heterocycles. The van der Waals surface area contributed by atoms with E-state index in [4.69, 9.17) is 22.2 Å². The largest absolute Gasteiger partial charge is 0.492 e. The minimum Gasteiger partial charge on any atom is -0.492 e. The first-order chi connectivity index (χ1) is 14.8. The molecule has 0 saturated heterocycles. The van der Waals surface area contributed by atoms with Crippen molar-refractivity contribution in [1.29, 1.82) is 0 Å². The Morgan fingerprint density at radius 3 is 2.16 bits per heavy atom. The lowest BCUT2D eigenvalue weighted by atomic mass is 10.3. The van der Waals surface area contributed by atoms with Crippen LogP contribution in [0.4, 0.5) is 0 Å². The minimum atomic E-state index is -0.0846. The molecule has 2 amide bonds. The fourth-order valence-electron chi connectivity index (χ4n) is 2.45. The first-order valence-electron chi connectivity index (χ1n) is 9.71. The van der Waals surface area contributed by atoms with Crippen LogP contribution in [0.1, 0.15) is 13.8 Å². The molecule has 31 heavy (non-hydrogen) atoms. The van der Waals surface area contributed by atoms with Crippen molar-refractivity contribution in [3.05, 3.63) is 29.3 Å². The summed E-state index contributed by atoms with van der Waals surface area (Å²) in [5, 5.41) is 9.52. The zero-order chi connectivity index (χ0) is 22.8. The third kappa shape index (κ3) is 7.82. The molecule has 2 aromatic rings. The van der Waals surface area contributed by atoms with E-state index >= 15 is 0 Å². The molecule has 0 fully saturated rings. The highest BCUT2D eigenvalue weighted by molar-refractivity contribution is 8.00. The van der Waals surface area contributed by atoms with Crippen molar-refractivity contribution in [2.45, 2.75) is 24.2 Å². The van der Waals surface area contributed by atoms with Crippen LogP contribution in [0.15, 0.2) is 34.6 Å². The van der Waals surface area contributed by atoms with Crippen molar-refractivity contribution in [3.8, 4) is 5.75 Å². The number of benzene rings is 1. The minimum absolute atomic E-state index is 0.0184. The smallest absolute Gasteiger partial charge is 0.233 e. The number of nitrogen functional groups attached to an aromatic ring is 1. The van der Waals surface area contributed by atoms with Crippen LogP contribution in [0.25, 0.3) is 0 Å². The molecule has 0 bridgehead atoms. The van der Waals surface area contributed by atoms with Gasteiger partial charge in [0.2, 0.25) is 22.1 Å². The Balaban J connectivity index is 1.75. The number of nitrogens with zero attached hydrogens (tertiary/aromatic N) is 5. The molecule has 0 spiro atoms. The molecule has 1 aromatic carbocycles. The van der Waals surface area contributed by atoms with Crippen LogP contribution in [0, 0.1) is 0 Å². The van der Waals surface area contributed by atoms with Gasteiger partial charge in [0, 0.05) is 25.2 Å². The van der Waals surface area contributed by atoms with E-state index in [1.54, 1.807) is 41.1 Å². The van der Waals surface area contributed by atoms with Gasteiger partial charge in [-0.1, -0.05) is 35.1 Å². The van der Waals surface area contributed by atoms with Crippen molar-refractivity contribution < 1.29 is 14.3 Å². The molecule has 1 heterocycles. The number of amides is 2. The number of rotatable bonds is 12. The highest BCUT2D eigenvalue weighted by Crippen LogP contribution is 2.21. The fraction of sp³-hybridized carbons (Fsp3) is 0.474. The van der Waals surface area contributed by atoms with Crippen LogP contribution in [-0.2, 0) is 9.59 Å². The standard InChI is InChI=1S/C19H27ClN6O3S2/c1-4-25(5-2)17(28)13-31-19-23-22-18(26(19)21)30-12-16(27)24(3)10-11-29-15-8-6-14(20)7-9-15/h6-9H,4-5,10-13,21H2,1-3H3. The fourth-order valence-corrected chi connectivity index (χ4v) is 4.19. The SMILES string of the molecule is CCN(CC)C(=O)CSc1nnc(SCC(=O)N(C)CCOc2ccc(Cl)cc2)n1N. The van der Waals surface area contributed by atoms with Crippen LogP contribution < -0.4 is 10.6 Å². The molecule has 0 saturated carbocycles. The van der Waals surface area contributed by atoms with Gasteiger partial charge in [0.05, 0.1) is 18.1 Å². The Morgan fingerprint density at radius 1 is 1.06 bits per heavy atom. The van der Waals surface area contributed by atoms with Crippen LogP contribution in [0.2, 0.25) is 5.02 Å². The maximum Gasteiger partial charge on any atom is 0.233 e. The molecule has 0 atom stereocenters. The number of halogens is 1. The number of likely N-dealkylation sites (N-methyl/N-ethyl adjacent to an activating group) is 1. The van der Waals surface area contributed by atoms with Gasteiger partial charge in [-0.05, 0) is 38.1 Å². The van der Waals surface area contributed by atoms with E-state index < -0.39 is 0 Å². The highest BCUT2D eigenvalue weighted by atomic mass is 35.5. The van der Waals surface area contributed by atoms with Gasteiger partial charge in [0.1, 0.15) is 12.4 Å².